The summed E-state index contributed by atoms with van der Waals surface area (Å²) in [5.74, 6) is 0.140. The van der Waals surface area contributed by atoms with E-state index >= 15 is 0 Å². The summed E-state index contributed by atoms with van der Waals surface area (Å²) in [4.78, 5) is 13.5. The molecule has 1 aliphatic rings. The summed E-state index contributed by atoms with van der Waals surface area (Å²) in [5, 5.41) is 2.97. The minimum absolute atomic E-state index is 0.140. The molecule has 0 bridgehead atoms. The first-order valence-corrected chi connectivity index (χ1v) is 6.35. The molecule has 0 saturated heterocycles. The fourth-order valence-corrected chi connectivity index (χ4v) is 1.91. The Kier molecular flexibility index (Phi) is 6.16. The van der Waals surface area contributed by atoms with Gasteiger partial charge in [-0.1, -0.05) is 18.6 Å². The number of rotatable bonds is 6. The highest BCUT2D eigenvalue weighted by Gasteiger charge is 2.06. The highest BCUT2D eigenvalue weighted by atomic mass is 16.1. The lowest BCUT2D eigenvalue weighted by molar-refractivity contribution is -0.121. The molecule has 0 aromatic carbocycles. The van der Waals surface area contributed by atoms with Gasteiger partial charge in [-0.15, -0.1) is 0 Å². The molecule has 0 saturated carbocycles. The van der Waals surface area contributed by atoms with Gasteiger partial charge in [-0.3, -0.25) is 9.69 Å². The highest BCUT2D eigenvalue weighted by molar-refractivity contribution is 5.77. The van der Waals surface area contributed by atoms with E-state index in [1.54, 1.807) is 0 Å². The molecule has 0 fully saturated rings. The van der Waals surface area contributed by atoms with Crippen LogP contribution in [0.15, 0.2) is 11.6 Å². The molecule has 0 heterocycles. The predicted octanol–water partition coefficient (Wildman–Crippen LogP) is 1.94. The molecule has 1 aliphatic carbocycles. The molecule has 0 aromatic heterocycles. The van der Waals surface area contributed by atoms with Gasteiger partial charge in [0.1, 0.15) is 0 Å². The lowest BCUT2D eigenvalue weighted by Crippen LogP contribution is -2.35. The van der Waals surface area contributed by atoms with Crippen LogP contribution in [-0.2, 0) is 4.79 Å². The lowest BCUT2D eigenvalue weighted by atomic mass is 9.97. The second kappa shape index (κ2) is 7.44. The minimum Gasteiger partial charge on any atom is -0.355 e. The largest absolute Gasteiger partial charge is 0.355 e. The number of carbonyl (C=O) groups excluding carboxylic acids is 1. The molecule has 1 rings (SSSR count). The van der Waals surface area contributed by atoms with Crippen LogP contribution < -0.4 is 5.32 Å². The van der Waals surface area contributed by atoms with E-state index in [9.17, 15) is 4.79 Å². The quantitative estimate of drug-likeness (QED) is 0.699. The second-order valence-electron chi connectivity index (χ2n) is 4.54. The van der Waals surface area contributed by atoms with Crippen molar-refractivity contribution < 1.29 is 4.79 Å². The zero-order valence-corrected chi connectivity index (χ0v) is 10.6. The van der Waals surface area contributed by atoms with E-state index in [4.69, 9.17) is 0 Å². The fourth-order valence-electron chi connectivity index (χ4n) is 1.91. The van der Waals surface area contributed by atoms with Gasteiger partial charge in [-0.25, -0.2) is 0 Å². The summed E-state index contributed by atoms with van der Waals surface area (Å²) in [6, 6.07) is 0. The Bertz CT molecular complexity index is 248. The van der Waals surface area contributed by atoms with Gasteiger partial charge in [0.05, 0.1) is 6.54 Å². The van der Waals surface area contributed by atoms with E-state index in [2.05, 4.69) is 18.3 Å². The zero-order valence-electron chi connectivity index (χ0n) is 10.6. The van der Waals surface area contributed by atoms with Crippen molar-refractivity contribution in [2.45, 2.75) is 39.0 Å². The van der Waals surface area contributed by atoms with Gasteiger partial charge in [0.25, 0.3) is 0 Å². The van der Waals surface area contributed by atoms with Crippen LogP contribution in [0.4, 0.5) is 0 Å². The third-order valence-corrected chi connectivity index (χ3v) is 3.11. The van der Waals surface area contributed by atoms with E-state index in [-0.39, 0.29) is 5.91 Å². The average molecular weight is 224 g/mol. The number of amides is 1. The molecule has 1 amide bonds. The summed E-state index contributed by atoms with van der Waals surface area (Å²) < 4.78 is 0. The second-order valence-corrected chi connectivity index (χ2v) is 4.54. The molecule has 1 N–H and O–H groups in total. The Balaban J connectivity index is 2.10. The number of nitrogens with zero attached hydrogens (tertiary/aromatic N) is 1. The summed E-state index contributed by atoms with van der Waals surface area (Å²) in [6.07, 6.45) is 8.47. The first-order valence-electron chi connectivity index (χ1n) is 6.35. The van der Waals surface area contributed by atoms with Gasteiger partial charge in [0.2, 0.25) is 5.91 Å². The summed E-state index contributed by atoms with van der Waals surface area (Å²) in [7, 11) is 1.96. The number of hydrogen-bond donors (Lipinski definition) is 1. The Labute approximate surface area is 98.9 Å². The lowest BCUT2D eigenvalue weighted by Gasteiger charge is -2.15. The molecule has 3 nitrogen and oxygen atoms in total. The maximum absolute atomic E-state index is 11.5. The first-order chi connectivity index (χ1) is 7.72. The Morgan fingerprint density at radius 3 is 2.94 bits per heavy atom. The molecule has 0 aromatic rings. The van der Waals surface area contributed by atoms with Crippen molar-refractivity contribution in [3.8, 4) is 0 Å². The zero-order chi connectivity index (χ0) is 11.8. The Hall–Kier alpha value is -0.830. The summed E-state index contributed by atoms with van der Waals surface area (Å²) >= 11 is 0. The van der Waals surface area contributed by atoms with Crippen molar-refractivity contribution in [2.24, 2.45) is 0 Å². The maximum Gasteiger partial charge on any atom is 0.234 e. The monoisotopic (exact) mass is 224 g/mol. The number of nitrogens with one attached hydrogen (secondary N) is 1. The summed E-state index contributed by atoms with van der Waals surface area (Å²) in [6.45, 7) is 4.27. The molecule has 0 radical (unpaired) electrons. The molecular weight excluding hydrogens is 200 g/mol. The van der Waals surface area contributed by atoms with Crippen molar-refractivity contribution >= 4 is 5.91 Å². The predicted molar refractivity (Wildman–Crippen MR) is 67.3 cm³/mol. The van der Waals surface area contributed by atoms with Gasteiger partial charge < -0.3 is 5.32 Å². The van der Waals surface area contributed by atoms with Gasteiger partial charge in [-0.05, 0) is 45.7 Å². The molecular formula is C13H24N2O. The van der Waals surface area contributed by atoms with E-state index in [1.165, 1.54) is 31.3 Å². The molecule has 0 unspecified atom stereocenters. The van der Waals surface area contributed by atoms with Gasteiger partial charge in [0, 0.05) is 6.54 Å². The maximum atomic E-state index is 11.5. The number of allylic oxidation sites excluding steroid dienone is 1. The molecule has 0 aliphatic heterocycles. The third kappa shape index (κ3) is 5.31. The van der Waals surface area contributed by atoms with Crippen molar-refractivity contribution in [2.75, 3.05) is 26.7 Å². The SMILES string of the molecule is CCN(C)CC(=O)NCCC1=CCCCC1. The van der Waals surface area contributed by atoms with Gasteiger partial charge >= 0.3 is 0 Å². The Morgan fingerprint density at radius 1 is 1.50 bits per heavy atom. The number of hydrogen-bond acceptors (Lipinski definition) is 2. The topological polar surface area (TPSA) is 32.3 Å². The van der Waals surface area contributed by atoms with Crippen LogP contribution in [0.3, 0.4) is 0 Å². The van der Waals surface area contributed by atoms with Crippen molar-refractivity contribution in [3.63, 3.8) is 0 Å². The molecule has 3 heteroatoms. The number of likely N-dealkylation sites (N-methyl/N-ethyl adjacent to an activating group) is 1. The van der Waals surface area contributed by atoms with E-state index in [1.807, 2.05) is 11.9 Å². The normalized spacial score (nSPS) is 16.1. The van der Waals surface area contributed by atoms with E-state index in [0.717, 1.165) is 19.5 Å². The van der Waals surface area contributed by atoms with Crippen LogP contribution in [0.1, 0.15) is 39.0 Å². The minimum atomic E-state index is 0.140. The number of carbonyl (C=O) groups is 1. The third-order valence-electron chi connectivity index (χ3n) is 3.11. The van der Waals surface area contributed by atoms with Crippen LogP contribution in [0.2, 0.25) is 0 Å². The van der Waals surface area contributed by atoms with E-state index < -0.39 is 0 Å². The average Bonchev–Trinajstić information content (AvgIpc) is 2.30. The molecule has 0 atom stereocenters. The van der Waals surface area contributed by atoms with Crippen LogP contribution in [0, 0.1) is 0 Å². The first kappa shape index (κ1) is 13.2. The van der Waals surface area contributed by atoms with Crippen molar-refractivity contribution in [3.05, 3.63) is 11.6 Å². The van der Waals surface area contributed by atoms with Crippen LogP contribution in [0.25, 0.3) is 0 Å². The highest BCUT2D eigenvalue weighted by Crippen LogP contribution is 2.19. The van der Waals surface area contributed by atoms with Gasteiger partial charge in [0.15, 0.2) is 0 Å². The van der Waals surface area contributed by atoms with Crippen LogP contribution in [0.5, 0.6) is 0 Å². The van der Waals surface area contributed by atoms with Crippen LogP contribution >= 0.6 is 0 Å². The molecule has 16 heavy (non-hydrogen) atoms. The van der Waals surface area contributed by atoms with Crippen LogP contribution in [-0.4, -0.2) is 37.5 Å². The molecule has 92 valence electrons. The smallest absolute Gasteiger partial charge is 0.234 e. The standard InChI is InChI=1S/C13H24N2O/c1-3-15(2)11-13(16)14-10-9-12-7-5-4-6-8-12/h7H,3-6,8-11H2,1-2H3,(H,14,16). The van der Waals surface area contributed by atoms with Crippen molar-refractivity contribution in [1.29, 1.82) is 0 Å². The van der Waals surface area contributed by atoms with Gasteiger partial charge in [-0.2, -0.15) is 0 Å². The van der Waals surface area contributed by atoms with E-state index in [0.29, 0.717) is 6.54 Å². The summed E-state index contributed by atoms with van der Waals surface area (Å²) in [5.41, 5.74) is 1.52. The Morgan fingerprint density at radius 2 is 2.31 bits per heavy atom. The molecule has 0 spiro atoms. The fraction of sp³-hybridized carbons (Fsp3) is 0.769. The van der Waals surface area contributed by atoms with Crippen molar-refractivity contribution in [1.82, 2.24) is 10.2 Å².